The lowest BCUT2D eigenvalue weighted by Crippen LogP contribution is -2.28. The Kier molecular flexibility index (Phi) is 3.97. The molecule has 0 saturated carbocycles. The van der Waals surface area contributed by atoms with Crippen molar-refractivity contribution in [2.75, 3.05) is 11.9 Å². The van der Waals surface area contributed by atoms with E-state index in [2.05, 4.69) is 22.3 Å². The summed E-state index contributed by atoms with van der Waals surface area (Å²) in [5, 5.41) is 9.56. The number of amides is 2. The Hall–Kier alpha value is -2.56. The van der Waals surface area contributed by atoms with Crippen molar-refractivity contribution in [3.05, 3.63) is 49.1 Å². The van der Waals surface area contributed by atoms with Gasteiger partial charge >= 0.3 is 6.03 Å². The lowest BCUT2D eigenvalue weighted by atomic mass is 10.1. The Balaban J connectivity index is 2.13. The molecule has 0 unspecified atom stereocenters. The summed E-state index contributed by atoms with van der Waals surface area (Å²) in [7, 11) is 1.84. The molecule has 1 aromatic carbocycles. The normalized spacial score (nSPS) is 9.95. The van der Waals surface area contributed by atoms with Crippen LogP contribution in [0.3, 0.4) is 0 Å². The summed E-state index contributed by atoms with van der Waals surface area (Å²) in [4.78, 5) is 11.5. The number of aromatic nitrogens is 2. The largest absolute Gasteiger partial charge is 0.334 e. The Bertz CT molecular complexity index is 574. The van der Waals surface area contributed by atoms with Gasteiger partial charge in [-0.2, -0.15) is 5.10 Å². The summed E-state index contributed by atoms with van der Waals surface area (Å²) in [6.07, 6.45) is 1.62. The number of aryl methyl sites for hydroxylation is 1. The van der Waals surface area contributed by atoms with E-state index in [0.717, 1.165) is 11.3 Å². The quantitative estimate of drug-likeness (QED) is 0.825. The molecule has 0 aliphatic rings. The van der Waals surface area contributed by atoms with Gasteiger partial charge in [0.25, 0.3) is 0 Å². The van der Waals surface area contributed by atoms with E-state index in [4.69, 9.17) is 0 Å². The van der Waals surface area contributed by atoms with Gasteiger partial charge in [-0.3, -0.25) is 10.00 Å². The van der Waals surface area contributed by atoms with Gasteiger partial charge in [0.15, 0.2) is 5.82 Å². The van der Waals surface area contributed by atoms with Gasteiger partial charge in [0.05, 0.1) is 5.69 Å². The molecule has 1 aromatic heterocycles. The van der Waals surface area contributed by atoms with Crippen molar-refractivity contribution in [2.24, 2.45) is 7.05 Å². The van der Waals surface area contributed by atoms with Crippen molar-refractivity contribution in [1.29, 1.82) is 0 Å². The van der Waals surface area contributed by atoms with Crippen LogP contribution >= 0.6 is 0 Å². The van der Waals surface area contributed by atoms with Crippen molar-refractivity contribution in [1.82, 2.24) is 15.1 Å². The maximum atomic E-state index is 11.5. The minimum absolute atomic E-state index is 0.294. The van der Waals surface area contributed by atoms with E-state index >= 15 is 0 Å². The fourth-order valence-electron chi connectivity index (χ4n) is 1.73. The van der Waals surface area contributed by atoms with Crippen molar-refractivity contribution in [2.45, 2.75) is 0 Å². The summed E-state index contributed by atoms with van der Waals surface area (Å²) in [5.74, 6) is 0.517. The van der Waals surface area contributed by atoms with E-state index in [-0.39, 0.29) is 6.03 Å². The van der Waals surface area contributed by atoms with Crippen molar-refractivity contribution in [3.8, 4) is 11.3 Å². The van der Waals surface area contributed by atoms with Crippen LogP contribution in [-0.2, 0) is 7.05 Å². The molecule has 0 fully saturated rings. The molecule has 2 aromatic rings. The molecule has 19 heavy (non-hydrogen) atoms. The molecule has 0 aliphatic carbocycles. The zero-order valence-corrected chi connectivity index (χ0v) is 10.8. The molecule has 98 valence electrons. The van der Waals surface area contributed by atoms with Crippen LogP contribution in [0.5, 0.6) is 0 Å². The molecular formula is C14H16N4O. The average molecular weight is 256 g/mol. The maximum Gasteiger partial charge on any atom is 0.320 e. The molecule has 2 N–H and O–H groups in total. The van der Waals surface area contributed by atoms with E-state index in [9.17, 15) is 4.79 Å². The number of benzene rings is 1. The zero-order chi connectivity index (χ0) is 13.7. The fourth-order valence-corrected chi connectivity index (χ4v) is 1.73. The van der Waals surface area contributed by atoms with Gasteiger partial charge in [0.2, 0.25) is 0 Å². The van der Waals surface area contributed by atoms with Crippen LogP contribution < -0.4 is 10.6 Å². The minimum Gasteiger partial charge on any atom is -0.334 e. The third-order valence-corrected chi connectivity index (χ3v) is 2.60. The van der Waals surface area contributed by atoms with Crippen LogP contribution in [0.1, 0.15) is 0 Å². The zero-order valence-electron chi connectivity index (χ0n) is 10.8. The number of rotatable bonds is 4. The van der Waals surface area contributed by atoms with Crippen molar-refractivity contribution < 1.29 is 4.79 Å². The molecule has 2 amide bonds. The molecule has 0 radical (unpaired) electrons. The Morgan fingerprint density at radius 2 is 2.16 bits per heavy atom. The Morgan fingerprint density at radius 3 is 2.84 bits per heavy atom. The molecule has 1 heterocycles. The summed E-state index contributed by atoms with van der Waals surface area (Å²) >= 11 is 0. The average Bonchev–Trinajstić information content (AvgIpc) is 2.78. The number of carbonyl (C=O) groups excluding carboxylic acids is 1. The lowest BCUT2D eigenvalue weighted by Gasteiger charge is -2.01. The summed E-state index contributed by atoms with van der Waals surface area (Å²) < 4.78 is 1.73. The van der Waals surface area contributed by atoms with Gasteiger partial charge in [-0.15, -0.1) is 6.58 Å². The number of hydrogen-bond acceptors (Lipinski definition) is 2. The van der Waals surface area contributed by atoms with Crippen LogP contribution in [-0.4, -0.2) is 22.4 Å². The number of hydrogen-bond donors (Lipinski definition) is 2. The molecule has 5 nitrogen and oxygen atoms in total. The summed E-state index contributed by atoms with van der Waals surface area (Å²) in [5.41, 5.74) is 2.00. The molecule has 0 saturated heterocycles. The number of anilines is 1. The van der Waals surface area contributed by atoms with Gasteiger partial charge < -0.3 is 5.32 Å². The number of urea groups is 1. The van der Waals surface area contributed by atoms with Gasteiger partial charge in [-0.05, 0) is 5.56 Å². The van der Waals surface area contributed by atoms with E-state index in [1.165, 1.54) is 0 Å². The number of nitrogens with one attached hydrogen (secondary N) is 2. The van der Waals surface area contributed by atoms with Crippen LogP contribution in [0.25, 0.3) is 11.3 Å². The predicted molar refractivity (Wildman–Crippen MR) is 75.9 cm³/mol. The van der Waals surface area contributed by atoms with Crippen LogP contribution in [0.2, 0.25) is 0 Å². The van der Waals surface area contributed by atoms with E-state index in [1.54, 1.807) is 10.8 Å². The van der Waals surface area contributed by atoms with E-state index < -0.39 is 0 Å². The maximum absolute atomic E-state index is 11.5. The standard InChI is InChI=1S/C14H16N4O/c1-3-9-15-14(19)16-13-10-12(18(2)17-13)11-7-5-4-6-8-11/h3-8,10H,1,9H2,2H3,(H2,15,16,17,19). The topological polar surface area (TPSA) is 59.0 Å². The number of carbonyl (C=O) groups is 1. The second-order valence-electron chi connectivity index (χ2n) is 4.03. The highest BCUT2D eigenvalue weighted by Gasteiger charge is 2.09. The van der Waals surface area contributed by atoms with Crippen molar-refractivity contribution >= 4 is 11.8 Å². The van der Waals surface area contributed by atoms with Gasteiger partial charge in [-0.25, -0.2) is 4.79 Å². The third kappa shape index (κ3) is 3.22. The second kappa shape index (κ2) is 5.86. The molecule has 0 atom stereocenters. The third-order valence-electron chi connectivity index (χ3n) is 2.60. The molecular weight excluding hydrogens is 240 g/mol. The number of nitrogens with zero attached hydrogens (tertiary/aromatic N) is 2. The molecule has 5 heteroatoms. The van der Waals surface area contributed by atoms with E-state index in [0.29, 0.717) is 12.4 Å². The van der Waals surface area contributed by atoms with E-state index in [1.807, 2.05) is 43.4 Å². The molecule has 2 rings (SSSR count). The van der Waals surface area contributed by atoms with Crippen LogP contribution in [0.15, 0.2) is 49.1 Å². The lowest BCUT2D eigenvalue weighted by molar-refractivity contribution is 0.253. The first-order valence-corrected chi connectivity index (χ1v) is 5.96. The molecule has 0 bridgehead atoms. The smallest absolute Gasteiger partial charge is 0.320 e. The first kappa shape index (κ1) is 12.9. The van der Waals surface area contributed by atoms with Crippen molar-refractivity contribution in [3.63, 3.8) is 0 Å². The molecule has 0 spiro atoms. The van der Waals surface area contributed by atoms with Gasteiger partial charge in [0, 0.05) is 19.7 Å². The second-order valence-corrected chi connectivity index (χ2v) is 4.03. The van der Waals surface area contributed by atoms with Crippen LogP contribution in [0.4, 0.5) is 10.6 Å². The first-order chi connectivity index (χ1) is 9.20. The summed E-state index contributed by atoms with van der Waals surface area (Å²) in [6, 6.07) is 11.4. The fraction of sp³-hybridized carbons (Fsp3) is 0.143. The van der Waals surface area contributed by atoms with Crippen LogP contribution in [0, 0.1) is 0 Å². The highest BCUT2D eigenvalue weighted by molar-refractivity contribution is 5.88. The van der Waals surface area contributed by atoms with Gasteiger partial charge in [0.1, 0.15) is 0 Å². The first-order valence-electron chi connectivity index (χ1n) is 5.96. The van der Waals surface area contributed by atoms with Gasteiger partial charge in [-0.1, -0.05) is 36.4 Å². The SMILES string of the molecule is C=CCNC(=O)Nc1cc(-c2ccccc2)n(C)n1. The predicted octanol–water partition coefficient (Wildman–Crippen LogP) is 2.39. The molecule has 0 aliphatic heterocycles. The highest BCUT2D eigenvalue weighted by atomic mass is 16.2. The Morgan fingerprint density at radius 1 is 1.42 bits per heavy atom. The minimum atomic E-state index is -0.294. The Labute approximate surface area is 111 Å². The monoisotopic (exact) mass is 256 g/mol. The summed E-state index contributed by atoms with van der Waals surface area (Å²) in [6.45, 7) is 3.96. The highest BCUT2D eigenvalue weighted by Crippen LogP contribution is 2.21.